The number of nitro benzene ring substituents is 1. The first-order chi connectivity index (χ1) is 14.0. The van der Waals surface area contributed by atoms with Crippen molar-refractivity contribution in [3.05, 3.63) is 75.5 Å². The molecule has 3 heterocycles. The quantitative estimate of drug-likeness (QED) is 0.412. The highest BCUT2D eigenvalue weighted by Crippen LogP contribution is 2.42. The Bertz CT molecular complexity index is 1260. The van der Waals surface area contributed by atoms with Gasteiger partial charge in [-0.1, -0.05) is 30.3 Å². The molecule has 1 aliphatic rings. The van der Waals surface area contributed by atoms with Crippen molar-refractivity contribution >= 4 is 28.4 Å². The average Bonchev–Trinajstić information content (AvgIpc) is 3.28. The van der Waals surface area contributed by atoms with Gasteiger partial charge in [-0.2, -0.15) is 9.78 Å². The highest BCUT2D eigenvalue weighted by molar-refractivity contribution is 5.95. The number of rotatable bonds is 3. The summed E-state index contributed by atoms with van der Waals surface area (Å²) in [6.07, 6.45) is 0.116. The molecular formula is C20H16N6O3. The normalized spacial score (nSPS) is 15.9. The summed E-state index contributed by atoms with van der Waals surface area (Å²) in [4.78, 5) is 31.4. The van der Waals surface area contributed by atoms with Gasteiger partial charge >= 0.3 is 0 Å². The van der Waals surface area contributed by atoms with Crippen LogP contribution in [0.1, 0.15) is 29.2 Å². The molecule has 9 nitrogen and oxygen atoms in total. The van der Waals surface area contributed by atoms with Gasteiger partial charge in [0.15, 0.2) is 0 Å². The van der Waals surface area contributed by atoms with Crippen molar-refractivity contribution in [3.63, 3.8) is 0 Å². The van der Waals surface area contributed by atoms with Gasteiger partial charge in [-0.05, 0) is 19.1 Å². The minimum absolute atomic E-state index is 0.00552. The number of aromatic amines is 1. The molecule has 2 N–H and O–H groups in total. The number of carbonyl (C=O) groups is 1. The Morgan fingerprint density at radius 1 is 1.17 bits per heavy atom. The lowest BCUT2D eigenvalue weighted by Gasteiger charge is -2.23. The summed E-state index contributed by atoms with van der Waals surface area (Å²) in [5.41, 5.74) is 3.57. The number of hydrogen-bond donors (Lipinski definition) is 2. The molecule has 1 atom stereocenters. The number of nitro groups is 1. The lowest BCUT2D eigenvalue weighted by Crippen LogP contribution is -2.25. The molecule has 144 valence electrons. The number of aryl methyl sites for hydroxylation is 1. The van der Waals surface area contributed by atoms with Gasteiger partial charge in [0, 0.05) is 29.5 Å². The average molecular weight is 388 g/mol. The summed E-state index contributed by atoms with van der Waals surface area (Å²) < 4.78 is 1.56. The number of aromatic nitrogens is 4. The van der Waals surface area contributed by atoms with E-state index in [1.54, 1.807) is 22.9 Å². The minimum atomic E-state index is -0.460. The molecule has 0 bridgehead atoms. The molecule has 2 aromatic heterocycles. The summed E-state index contributed by atoms with van der Waals surface area (Å²) in [7, 11) is 0. The molecule has 1 amide bonds. The highest BCUT2D eigenvalue weighted by atomic mass is 16.6. The lowest BCUT2D eigenvalue weighted by atomic mass is 9.85. The second-order valence-corrected chi connectivity index (χ2v) is 6.96. The van der Waals surface area contributed by atoms with Crippen LogP contribution in [0.5, 0.6) is 0 Å². The van der Waals surface area contributed by atoms with Crippen LogP contribution in [0.2, 0.25) is 0 Å². The number of carbonyl (C=O) groups excluding carboxylic acids is 1. The zero-order chi connectivity index (χ0) is 20.1. The van der Waals surface area contributed by atoms with Crippen LogP contribution in [0.25, 0.3) is 17.0 Å². The second-order valence-electron chi connectivity index (χ2n) is 6.96. The van der Waals surface area contributed by atoms with E-state index in [2.05, 4.69) is 20.4 Å². The van der Waals surface area contributed by atoms with Crippen molar-refractivity contribution in [3.8, 4) is 5.95 Å². The van der Waals surface area contributed by atoms with Gasteiger partial charge < -0.3 is 10.3 Å². The van der Waals surface area contributed by atoms with E-state index in [1.165, 1.54) is 6.07 Å². The van der Waals surface area contributed by atoms with Crippen LogP contribution in [-0.2, 0) is 4.79 Å². The van der Waals surface area contributed by atoms with Gasteiger partial charge in [0.05, 0.1) is 21.7 Å². The number of H-pyrrole nitrogens is 1. The van der Waals surface area contributed by atoms with Crippen LogP contribution in [0.3, 0.4) is 0 Å². The molecule has 29 heavy (non-hydrogen) atoms. The molecular weight excluding hydrogens is 372 g/mol. The molecule has 0 fully saturated rings. The standard InChI is InChI=1S/C20H16N6O3/c1-11-18-13(12-6-2-5-9-16(12)26(28)29)10-17(27)23-19(18)25(24-11)20-21-14-7-3-4-8-15(14)22-20/h2-9,13H,10H2,1H3,(H,21,22)(H,23,27)/t13-/m0/s1. The SMILES string of the molecule is Cc1nn(-c2nc3ccccc3[nH]2)c2c1[C@H](c1ccccc1[N+](=O)[O-])CC(=O)N2. The second kappa shape index (κ2) is 6.26. The van der Waals surface area contributed by atoms with Crippen molar-refractivity contribution in [1.29, 1.82) is 0 Å². The van der Waals surface area contributed by atoms with E-state index in [0.29, 0.717) is 23.0 Å². The largest absolute Gasteiger partial charge is 0.322 e. The van der Waals surface area contributed by atoms with Crippen LogP contribution in [0.15, 0.2) is 48.5 Å². The van der Waals surface area contributed by atoms with Gasteiger partial charge in [0.2, 0.25) is 11.9 Å². The monoisotopic (exact) mass is 388 g/mol. The van der Waals surface area contributed by atoms with Gasteiger partial charge in [0.25, 0.3) is 5.69 Å². The predicted molar refractivity (Wildman–Crippen MR) is 106 cm³/mol. The van der Waals surface area contributed by atoms with Gasteiger partial charge in [-0.15, -0.1) is 0 Å². The third-order valence-corrected chi connectivity index (χ3v) is 5.19. The number of nitrogens with one attached hydrogen (secondary N) is 2. The molecule has 0 radical (unpaired) electrons. The molecule has 0 unspecified atom stereocenters. The van der Waals surface area contributed by atoms with E-state index >= 15 is 0 Å². The molecule has 5 rings (SSSR count). The molecule has 4 aromatic rings. The number of anilines is 1. The number of nitrogens with zero attached hydrogens (tertiary/aromatic N) is 4. The van der Waals surface area contributed by atoms with E-state index in [0.717, 1.165) is 16.6 Å². The zero-order valence-electron chi connectivity index (χ0n) is 15.4. The van der Waals surface area contributed by atoms with Crippen molar-refractivity contribution in [2.24, 2.45) is 0 Å². The number of imidazole rings is 1. The summed E-state index contributed by atoms with van der Waals surface area (Å²) in [5.74, 6) is 0.274. The predicted octanol–water partition coefficient (Wildman–Crippen LogP) is 3.44. The Morgan fingerprint density at radius 2 is 1.93 bits per heavy atom. The molecule has 1 aliphatic heterocycles. The molecule has 0 aliphatic carbocycles. The molecule has 0 saturated carbocycles. The van der Waals surface area contributed by atoms with Gasteiger partial charge in [0.1, 0.15) is 5.82 Å². The van der Waals surface area contributed by atoms with E-state index in [9.17, 15) is 14.9 Å². The molecule has 9 heteroatoms. The Morgan fingerprint density at radius 3 is 2.72 bits per heavy atom. The van der Waals surface area contributed by atoms with Crippen LogP contribution < -0.4 is 5.32 Å². The summed E-state index contributed by atoms with van der Waals surface area (Å²) >= 11 is 0. The topological polar surface area (TPSA) is 119 Å². The molecule has 0 saturated heterocycles. The van der Waals surface area contributed by atoms with E-state index in [4.69, 9.17) is 0 Å². The molecule has 2 aromatic carbocycles. The fourth-order valence-corrected chi connectivity index (χ4v) is 3.95. The summed E-state index contributed by atoms with van der Waals surface area (Å²) in [5, 5.41) is 19.0. The van der Waals surface area contributed by atoms with Crippen molar-refractivity contribution in [2.45, 2.75) is 19.3 Å². The van der Waals surface area contributed by atoms with Crippen LogP contribution >= 0.6 is 0 Å². The number of amides is 1. The van der Waals surface area contributed by atoms with E-state index < -0.39 is 10.8 Å². The third kappa shape index (κ3) is 2.66. The molecule has 0 spiro atoms. The van der Waals surface area contributed by atoms with Crippen molar-refractivity contribution < 1.29 is 9.72 Å². The van der Waals surface area contributed by atoms with Crippen LogP contribution in [-0.4, -0.2) is 30.6 Å². The minimum Gasteiger partial charge on any atom is -0.322 e. The van der Waals surface area contributed by atoms with Crippen LogP contribution in [0, 0.1) is 17.0 Å². The lowest BCUT2D eigenvalue weighted by molar-refractivity contribution is -0.385. The Balaban J connectivity index is 1.70. The van der Waals surface area contributed by atoms with Gasteiger partial charge in [-0.3, -0.25) is 14.9 Å². The zero-order valence-corrected chi connectivity index (χ0v) is 15.4. The van der Waals surface area contributed by atoms with E-state index in [1.807, 2.05) is 31.2 Å². The number of para-hydroxylation sites is 3. The van der Waals surface area contributed by atoms with Crippen molar-refractivity contribution in [2.75, 3.05) is 5.32 Å². The Labute approximate surface area is 164 Å². The van der Waals surface area contributed by atoms with Crippen molar-refractivity contribution in [1.82, 2.24) is 19.7 Å². The first-order valence-corrected chi connectivity index (χ1v) is 9.10. The maximum atomic E-state index is 12.5. The maximum absolute atomic E-state index is 12.5. The van der Waals surface area contributed by atoms with E-state index in [-0.39, 0.29) is 18.0 Å². The summed E-state index contributed by atoms with van der Waals surface area (Å²) in [6.45, 7) is 1.83. The first kappa shape index (κ1) is 17.1. The number of fused-ring (bicyclic) bond motifs is 2. The summed E-state index contributed by atoms with van der Waals surface area (Å²) in [6, 6.07) is 14.1. The highest BCUT2D eigenvalue weighted by Gasteiger charge is 2.36. The van der Waals surface area contributed by atoms with Gasteiger partial charge in [-0.25, -0.2) is 4.98 Å². The maximum Gasteiger partial charge on any atom is 0.273 e. The Hall–Kier alpha value is -4.01. The Kier molecular flexibility index (Phi) is 3.70. The fraction of sp³-hybridized carbons (Fsp3) is 0.150. The van der Waals surface area contributed by atoms with Crippen LogP contribution in [0.4, 0.5) is 11.5 Å². The number of benzene rings is 2. The number of hydrogen-bond acceptors (Lipinski definition) is 5. The smallest absolute Gasteiger partial charge is 0.273 e. The fourth-order valence-electron chi connectivity index (χ4n) is 3.95. The third-order valence-electron chi connectivity index (χ3n) is 5.19. The first-order valence-electron chi connectivity index (χ1n) is 9.10.